The molecule has 2 nitrogen and oxygen atoms in total. The number of rotatable bonds is 0. The Morgan fingerprint density at radius 2 is 2.40 bits per heavy atom. The molecular formula is C6H12KNOS. The van der Waals surface area contributed by atoms with E-state index in [1.54, 1.807) is 6.92 Å². The normalized spacial score (nSPS) is 24.2. The van der Waals surface area contributed by atoms with Crippen LogP contribution in [0.3, 0.4) is 0 Å². The Balaban J connectivity index is 0. The van der Waals surface area contributed by atoms with Crippen molar-refractivity contribution in [3.8, 4) is 0 Å². The van der Waals surface area contributed by atoms with Crippen molar-refractivity contribution in [1.29, 1.82) is 0 Å². The Bertz CT molecular complexity index is 136. The summed E-state index contributed by atoms with van der Waals surface area (Å²) in [5.41, 5.74) is 0. The SMILES string of the molecule is CC(=O)N1CCSC1C.[H-].[K+]. The molecule has 4 heteroatoms. The van der Waals surface area contributed by atoms with E-state index in [0.29, 0.717) is 5.37 Å². The fourth-order valence-corrected chi connectivity index (χ4v) is 2.08. The van der Waals surface area contributed by atoms with E-state index in [-0.39, 0.29) is 58.7 Å². The van der Waals surface area contributed by atoms with E-state index in [1.165, 1.54) is 0 Å². The van der Waals surface area contributed by atoms with Crippen LogP contribution >= 0.6 is 11.8 Å². The zero-order valence-electron chi connectivity index (χ0n) is 7.76. The van der Waals surface area contributed by atoms with Gasteiger partial charge >= 0.3 is 51.4 Å². The van der Waals surface area contributed by atoms with E-state index in [4.69, 9.17) is 0 Å². The molecule has 0 aromatic carbocycles. The molecule has 54 valence electrons. The molecule has 0 bridgehead atoms. The molecule has 1 heterocycles. The number of thioether (sulfide) groups is 1. The smallest absolute Gasteiger partial charge is 1.00 e. The van der Waals surface area contributed by atoms with Crippen LogP contribution in [0.1, 0.15) is 15.3 Å². The topological polar surface area (TPSA) is 20.3 Å². The number of carbonyl (C=O) groups is 1. The zero-order valence-corrected chi connectivity index (χ0v) is 10.7. The van der Waals surface area contributed by atoms with Crippen molar-refractivity contribution in [3.05, 3.63) is 0 Å². The van der Waals surface area contributed by atoms with Gasteiger partial charge in [-0.1, -0.05) is 0 Å². The van der Waals surface area contributed by atoms with Gasteiger partial charge in [-0.25, -0.2) is 0 Å². The van der Waals surface area contributed by atoms with Crippen LogP contribution < -0.4 is 51.4 Å². The van der Waals surface area contributed by atoms with Crippen LogP contribution in [0.2, 0.25) is 0 Å². The van der Waals surface area contributed by atoms with E-state index in [2.05, 4.69) is 6.92 Å². The van der Waals surface area contributed by atoms with Gasteiger partial charge in [0, 0.05) is 19.2 Å². The molecule has 1 aliphatic rings. The second-order valence-corrected chi connectivity index (χ2v) is 3.61. The van der Waals surface area contributed by atoms with Crippen LogP contribution in [0.15, 0.2) is 0 Å². The summed E-state index contributed by atoms with van der Waals surface area (Å²) in [4.78, 5) is 12.7. The molecule has 0 radical (unpaired) electrons. The third kappa shape index (κ3) is 2.83. The maximum atomic E-state index is 10.8. The van der Waals surface area contributed by atoms with E-state index in [0.717, 1.165) is 12.3 Å². The molecule has 1 unspecified atom stereocenters. The number of carbonyl (C=O) groups excluding carboxylic acids is 1. The molecular weight excluding hydrogens is 173 g/mol. The van der Waals surface area contributed by atoms with Gasteiger partial charge in [-0.2, -0.15) is 0 Å². The van der Waals surface area contributed by atoms with Gasteiger partial charge in [0.1, 0.15) is 0 Å². The van der Waals surface area contributed by atoms with E-state index in [9.17, 15) is 4.79 Å². The quantitative estimate of drug-likeness (QED) is 0.409. The van der Waals surface area contributed by atoms with E-state index >= 15 is 0 Å². The van der Waals surface area contributed by atoms with Crippen molar-refractivity contribution in [3.63, 3.8) is 0 Å². The maximum Gasteiger partial charge on any atom is 1.00 e. The summed E-state index contributed by atoms with van der Waals surface area (Å²) in [6, 6.07) is 0. The molecule has 1 aliphatic heterocycles. The minimum Gasteiger partial charge on any atom is -1.00 e. The third-order valence-corrected chi connectivity index (χ3v) is 2.69. The molecule has 0 aliphatic carbocycles. The summed E-state index contributed by atoms with van der Waals surface area (Å²) in [5.74, 6) is 1.30. The molecule has 1 fully saturated rings. The second-order valence-electron chi connectivity index (χ2n) is 2.18. The van der Waals surface area contributed by atoms with Gasteiger partial charge in [-0.15, -0.1) is 11.8 Å². The predicted molar refractivity (Wildman–Crippen MR) is 40.4 cm³/mol. The molecule has 0 spiro atoms. The molecule has 1 atom stereocenters. The van der Waals surface area contributed by atoms with Crippen molar-refractivity contribution in [2.75, 3.05) is 12.3 Å². The number of nitrogens with zero attached hydrogens (tertiary/aromatic N) is 1. The number of hydrogen-bond donors (Lipinski definition) is 0. The molecule has 1 saturated heterocycles. The molecule has 0 saturated carbocycles. The van der Waals surface area contributed by atoms with Crippen molar-refractivity contribution >= 4 is 17.7 Å². The maximum absolute atomic E-state index is 10.8. The first-order valence-electron chi connectivity index (χ1n) is 3.10. The zero-order chi connectivity index (χ0) is 6.85. The average molecular weight is 185 g/mol. The fraction of sp³-hybridized carbons (Fsp3) is 0.833. The monoisotopic (exact) mass is 185 g/mol. The van der Waals surface area contributed by atoms with Gasteiger partial charge < -0.3 is 6.33 Å². The second kappa shape index (κ2) is 5.16. The van der Waals surface area contributed by atoms with Crippen molar-refractivity contribution in [2.45, 2.75) is 19.2 Å². The molecule has 1 amide bonds. The number of amides is 1. The fourth-order valence-electron chi connectivity index (χ4n) is 1.01. The van der Waals surface area contributed by atoms with Crippen LogP contribution in [0, 0.1) is 0 Å². The molecule has 0 aromatic heterocycles. The minimum absolute atomic E-state index is 0. The van der Waals surface area contributed by atoms with E-state index in [1.807, 2.05) is 16.7 Å². The first kappa shape index (κ1) is 11.5. The Hall–Kier alpha value is 1.46. The molecule has 0 N–H and O–H groups in total. The molecule has 1 rings (SSSR count). The van der Waals surface area contributed by atoms with Crippen LogP contribution in [-0.2, 0) is 4.79 Å². The standard InChI is InChI=1S/C6H11NOS.K.H/c1-5(8)7-3-4-9-6(7)2;;/h6H,3-4H2,1-2H3;;/q;+1;-1. The summed E-state index contributed by atoms with van der Waals surface area (Å²) in [7, 11) is 0. The first-order valence-corrected chi connectivity index (χ1v) is 4.15. The van der Waals surface area contributed by atoms with E-state index < -0.39 is 0 Å². The molecule has 0 aromatic rings. The average Bonchev–Trinajstić information content (AvgIpc) is 2.13. The summed E-state index contributed by atoms with van der Waals surface area (Å²) >= 11 is 1.84. The minimum atomic E-state index is 0. The van der Waals surface area contributed by atoms with Crippen molar-refractivity contribution < 1.29 is 57.6 Å². The van der Waals surface area contributed by atoms with Crippen molar-refractivity contribution in [2.24, 2.45) is 0 Å². The summed E-state index contributed by atoms with van der Waals surface area (Å²) < 4.78 is 0. The predicted octanol–water partition coefficient (Wildman–Crippen LogP) is -1.96. The van der Waals surface area contributed by atoms with Gasteiger partial charge in [0.2, 0.25) is 5.91 Å². The van der Waals surface area contributed by atoms with Crippen molar-refractivity contribution in [1.82, 2.24) is 4.90 Å². The van der Waals surface area contributed by atoms with Crippen LogP contribution in [-0.4, -0.2) is 28.5 Å². The third-order valence-electron chi connectivity index (χ3n) is 1.53. The Morgan fingerprint density at radius 3 is 2.60 bits per heavy atom. The number of hydrogen-bond acceptors (Lipinski definition) is 2. The van der Waals surface area contributed by atoms with Crippen LogP contribution in [0.25, 0.3) is 0 Å². The van der Waals surface area contributed by atoms with Gasteiger partial charge in [0.05, 0.1) is 5.37 Å². The Labute approximate surface area is 110 Å². The van der Waals surface area contributed by atoms with Crippen LogP contribution in [0.5, 0.6) is 0 Å². The Kier molecular flexibility index (Phi) is 5.92. The van der Waals surface area contributed by atoms with Crippen LogP contribution in [0.4, 0.5) is 0 Å². The summed E-state index contributed by atoms with van der Waals surface area (Å²) in [5, 5.41) is 0.405. The van der Waals surface area contributed by atoms with Gasteiger partial charge in [-0.05, 0) is 6.92 Å². The largest absolute Gasteiger partial charge is 1.00 e. The summed E-state index contributed by atoms with van der Waals surface area (Å²) in [6.45, 7) is 4.63. The molecule has 10 heavy (non-hydrogen) atoms. The first-order chi connectivity index (χ1) is 4.22. The van der Waals surface area contributed by atoms with Gasteiger partial charge in [0.15, 0.2) is 0 Å². The van der Waals surface area contributed by atoms with Gasteiger partial charge in [0.25, 0.3) is 0 Å². The summed E-state index contributed by atoms with van der Waals surface area (Å²) in [6.07, 6.45) is 0. The Morgan fingerprint density at radius 1 is 1.80 bits per heavy atom. The van der Waals surface area contributed by atoms with Gasteiger partial charge in [-0.3, -0.25) is 4.79 Å².